The van der Waals surface area contributed by atoms with Gasteiger partial charge in [-0.05, 0) is 25.5 Å². The van der Waals surface area contributed by atoms with Crippen LogP contribution >= 0.6 is 0 Å². The number of ether oxygens (including phenoxy) is 2. The van der Waals surface area contributed by atoms with Gasteiger partial charge >= 0.3 is 5.97 Å². The van der Waals surface area contributed by atoms with Gasteiger partial charge in [-0.1, -0.05) is 12.1 Å². The Labute approximate surface area is 141 Å². The van der Waals surface area contributed by atoms with Crippen LogP contribution in [0.15, 0.2) is 24.3 Å². The maximum Gasteiger partial charge on any atom is 0.342 e. The van der Waals surface area contributed by atoms with E-state index in [1.807, 2.05) is 0 Å². The van der Waals surface area contributed by atoms with Gasteiger partial charge in [-0.15, -0.1) is 0 Å². The van der Waals surface area contributed by atoms with E-state index in [1.165, 1.54) is 11.9 Å². The molecule has 1 heterocycles. The second-order valence-corrected chi connectivity index (χ2v) is 7.80. The number of carbonyl (C=O) groups is 2. The van der Waals surface area contributed by atoms with Crippen LogP contribution in [0.3, 0.4) is 0 Å². The summed E-state index contributed by atoms with van der Waals surface area (Å²) < 4.78 is 33.4. The summed E-state index contributed by atoms with van der Waals surface area (Å²) in [4.78, 5) is 25.6. The molecule has 1 atom stereocenters. The number of likely N-dealkylation sites (N-methyl/N-ethyl adjacent to an activating group) is 1. The number of hydrogen-bond donors (Lipinski definition) is 0. The highest BCUT2D eigenvalue weighted by molar-refractivity contribution is 7.91. The van der Waals surface area contributed by atoms with Crippen LogP contribution in [0.4, 0.5) is 0 Å². The molecule has 1 unspecified atom stereocenters. The fraction of sp³-hybridized carbons (Fsp3) is 0.500. The van der Waals surface area contributed by atoms with E-state index in [1.54, 1.807) is 31.2 Å². The van der Waals surface area contributed by atoms with Crippen LogP contribution in [0.25, 0.3) is 0 Å². The van der Waals surface area contributed by atoms with Crippen molar-refractivity contribution in [1.82, 2.24) is 4.90 Å². The lowest BCUT2D eigenvalue weighted by Crippen LogP contribution is -2.40. The van der Waals surface area contributed by atoms with Gasteiger partial charge in [0, 0.05) is 13.1 Å². The molecule has 1 saturated heterocycles. The fourth-order valence-corrected chi connectivity index (χ4v) is 4.28. The van der Waals surface area contributed by atoms with Crippen molar-refractivity contribution in [3.8, 4) is 5.75 Å². The minimum Gasteiger partial charge on any atom is -0.493 e. The molecule has 1 aliphatic heterocycles. The van der Waals surface area contributed by atoms with Gasteiger partial charge in [0.1, 0.15) is 11.3 Å². The summed E-state index contributed by atoms with van der Waals surface area (Å²) in [5.41, 5.74) is 0.248. The predicted octanol–water partition coefficient (Wildman–Crippen LogP) is 0.888. The summed E-state index contributed by atoms with van der Waals surface area (Å²) in [6.45, 7) is 1.77. The van der Waals surface area contributed by atoms with E-state index in [4.69, 9.17) is 9.47 Å². The number of benzene rings is 1. The molecule has 0 spiro atoms. The first-order valence-electron chi connectivity index (χ1n) is 7.69. The number of carbonyl (C=O) groups excluding carboxylic acids is 2. The maximum atomic E-state index is 12.1. The number of esters is 1. The molecular weight excluding hydrogens is 334 g/mol. The van der Waals surface area contributed by atoms with Gasteiger partial charge in [-0.25, -0.2) is 13.2 Å². The lowest BCUT2D eigenvalue weighted by Gasteiger charge is -2.23. The summed E-state index contributed by atoms with van der Waals surface area (Å²) in [5.74, 6) is -0.653. The van der Waals surface area contributed by atoms with Crippen LogP contribution in [-0.2, 0) is 19.4 Å². The zero-order valence-electron chi connectivity index (χ0n) is 13.7. The first-order valence-corrected chi connectivity index (χ1v) is 9.51. The third-order valence-corrected chi connectivity index (χ3v) is 5.63. The molecular formula is C16H21NO6S. The van der Waals surface area contributed by atoms with Crippen molar-refractivity contribution >= 4 is 21.7 Å². The molecule has 7 nitrogen and oxygen atoms in total. The number of para-hydroxylation sites is 1. The lowest BCUT2D eigenvalue weighted by molar-refractivity contribution is -0.134. The molecule has 24 heavy (non-hydrogen) atoms. The summed E-state index contributed by atoms with van der Waals surface area (Å²) >= 11 is 0. The molecule has 1 aromatic rings. The summed E-state index contributed by atoms with van der Waals surface area (Å²) in [6.07, 6.45) is 0.408. The molecule has 8 heteroatoms. The van der Waals surface area contributed by atoms with Crippen LogP contribution in [0.2, 0.25) is 0 Å². The van der Waals surface area contributed by atoms with Crippen LogP contribution in [0, 0.1) is 0 Å². The van der Waals surface area contributed by atoms with Gasteiger partial charge in [0.15, 0.2) is 16.4 Å². The van der Waals surface area contributed by atoms with Gasteiger partial charge < -0.3 is 14.4 Å². The van der Waals surface area contributed by atoms with Gasteiger partial charge in [-0.2, -0.15) is 0 Å². The third-order valence-electron chi connectivity index (χ3n) is 3.88. The molecule has 0 aromatic heterocycles. The molecule has 1 fully saturated rings. The van der Waals surface area contributed by atoms with Crippen molar-refractivity contribution in [2.75, 3.05) is 31.8 Å². The largest absolute Gasteiger partial charge is 0.493 e. The van der Waals surface area contributed by atoms with E-state index < -0.39 is 28.3 Å². The Kier molecular flexibility index (Phi) is 5.82. The predicted molar refractivity (Wildman–Crippen MR) is 87.7 cm³/mol. The van der Waals surface area contributed by atoms with Gasteiger partial charge in [0.25, 0.3) is 5.91 Å². The quantitative estimate of drug-likeness (QED) is 0.704. The molecule has 0 N–H and O–H groups in total. The standard InChI is InChI=1S/C16H21NO6S/c1-3-22-14-7-5-4-6-13(14)16(19)23-10-15(18)17(2)12-8-9-24(20,21)11-12/h4-7,12H,3,8-11H2,1-2H3. The molecule has 0 bridgehead atoms. The third kappa shape index (κ3) is 4.47. The van der Waals surface area contributed by atoms with Crippen molar-refractivity contribution < 1.29 is 27.5 Å². The second-order valence-electron chi connectivity index (χ2n) is 5.57. The van der Waals surface area contributed by atoms with E-state index >= 15 is 0 Å². The monoisotopic (exact) mass is 355 g/mol. The molecule has 0 saturated carbocycles. The van der Waals surface area contributed by atoms with E-state index in [9.17, 15) is 18.0 Å². The topological polar surface area (TPSA) is 90.0 Å². The van der Waals surface area contributed by atoms with Gasteiger partial charge in [0.05, 0.1) is 18.1 Å². The number of hydrogen-bond acceptors (Lipinski definition) is 6. The van der Waals surface area contributed by atoms with E-state index in [0.29, 0.717) is 18.8 Å². The number of sulfone groups is 1. The first-order chi connectivity index (χ1) is 11.3. The van der Waals surface area contributed by atoms with E-state index in [-0.39, 0.29) is 23.1 Å². The van der Waals surface area contributed by atoms with Gasteiger partial charge in [0.2, 0.25) is 0 Å². The second kappa shape index (κ2) is 7.65. The number of rotatable bonds is 6. The first kappa shape index (κ1) is 18.3. The summed E-state index contributed by atoms with van der Waals surface area (Å²) in [6, 6.07) is 6.26. The Morgan fingerprint density at radius 3 is 2.62 bits per heavy atom. The van der Waals surface area contributed by atoms with Crippen LogP contribution in [0.5, 0.6) is 5.75 Å². The zero-order valence-corrected chi connectivity index (χ0v) is 14.5. The molecule has 1 amide bonds. The Hall–Kier alpha value is -2.09. The minimum atomic E-state index is -3.08. The highest BCUT2D eigenvalue weighted by Gasteiger charge is 2.33. The van der Waals surface area contributed by atoms with Crippen molar-refractivity contribution in [3.63, 3.8) is 0 Å². The highest BCUT2D eigenvalue weighted by atomic mass is 32.2. The van der Waals surface area contributed by atoms with Crippen LogP contribution in [-0.4, -0.2) is 63.0 Å². The van der Waals surface area contributed by atoms with Gasteiger partial charge in [-0.3, -0.25) is 4.79 Å². The number of amides is 1. The average Bonchev–Trinajstić information content (AvgIpc) is 2.92. The van der Waals surface area contributed by atoms with E-state index in [0.717, 1.165) is 0 Å². The van der Waals surface area contributed by atoms with Crippen molar-refractivity contribution in [2.45, 2.75) is 19.4 Å². The highest BCUT2D eigenvalue weighted by Crippen LogP contribution is 2.19. The normalized spacial score (nSPS) is 18.8. The molecule has 132 valence electrons. The summed E-state index contributed by atoms with van der Waals surface area (Å²) in [5, 5.41) is 0. The average molecular weight is 355 g/mol. The molecule has 0 radical (unpaired) electrons. The minimum absolute atomic E-state index is 0.0453. The molecule has 1 aliphatic rings. The Bertz CT molecular complexity index is 715. The SMILES string of the molecule is CCOc1ccccc1C(=O)OCC(=O)N(C)C1CCS(=O)(=O)C1. The molecule has 1 aromatic carbocycles. The van der Waals surface area contributed by atoms with Crippen molar-refractivity contribution in [2.24, 2.45) is 0 Å². The smallest absolute Gasteiger partial charge is 0.342 e. The molecule has 0 aliphatic carbocycles. The zero-order chi connectivity index (χ0) is 17.7. The van der Waals surface area contributed by atoms with E-state index in [2.05, 4.69) is 0 Å². The Balaban J connectivity index is 1.93. The molecule has 2 rings (SSSR count). The maximum absolute atomic E-state index is 12.1. The number of nitrogens with zero attached hydrogens (tertiary/aromatic N) is 1. The lowest BCUT2D eigenvalue weighted by atomic mass is 10.2. The van der Waals surface area contributed by atoms with Crippen LogP contribution in [0.1, 0.15) is 23.7 Å². The Morgan fingerprint density at radius 2 is 2.00 bits per heavy atom. The van der Waals surface area contributed by atoms with Crippen molar-refractivity contribution in [3.05, 3.63) is 29.8 Å². The van der Waals surface area contributed by atoms with Crippen molar-refractivity contribution in [1.29, 1.82) is 0 Å². The van der Waals surface area contributed by atoms with Crippen LogP contribution < -0.4 is 4.74 Å². The fourth-order valence-electron chi connectivity index (χ4n) is 2.51. The Morgan fingerprint density at radius 1 is 1.29 bits per heavy atom. The summed E-state index contributed by atoms with van der Waals surface area (Å²) in [7, 11) is -1.55.